The number of carbonyl (C=O) groups is 1. The number of aromatic amines is 2. The van der Waals surface area contributed by atoms with Crippen LogP contribution < -0.4 is 21.9 Å². The minimum absolute atomic E-state index is 0.121. The minimum atomic E-state index is -0.706. The van der Waals surface area contributed by atoms with Crippen LogP contribution in [0.25, 0.3) is 0 Å². The molecule has 0 aliphatic rings. The van der Waals surface area contributed by atoms with Crippen molar-refractivity contribution in [3.63, 3.8) is 0 Å². The Morgan fingerprint density at radius 1 is 1.50 bits per heavy atom. The molecule has 1 amide bonds. The highest BCUT2D eigenvalue weighted by molar-refractivity contribution is 5.83. The monoisotopic (exact) mass is 257 g/mol. The maximum atomic E-state index is 11.6. The van der Waals surface area contributed by atoms with Crippen molar-refractivity contribution in [3.8, 4) is 0 Å². The smallest absolute Gasteiger partial charge is 0.342 e. The molecular weight excluding hydrogens is 242 g/mol. The summed E-state index contributed by atoms with van der Waals surface area (Å²) in [4.78, 5) is 35.6. The summed E-state index contributed by atoms with van der Waals surface area (Å²) < 4.78 is 4.78. The molecule has 0 aliphatic heterocycles. The van der Waals surface area contributed by atoms with Gasteiger partial charge >= 0.3 is 5.69 Å². The molecule has 1 aromatic rings. The minimum Gasteiger partial charge on any atom is -0.383 e. The summed E-state index contributed by atoms with van der Waals surface area (Å²) in [7, 11) is 1.53. The quantitative estimate of drug-likeness (QED) is 0.437. The summed E-state index contributed by atoms with van der Waals surface area (Å²) in [6.07, 6.45) is 0. The van der Waals surface area contributed by atoms with Crippen LogP contribution in [0.1, 0.15) is 6.92 Å². The van der Waals surface area contributed by atoms with Crippen LogP contribution >= 0.6 is 0 Å². The molecular formula is C9H15N5O4. The summed E-state index contributed by atoms with van der Waals surface area (Å²) in [5.74, 6) is -0.427. The van der Waals surface area contributed by atoms with Crippen LogP contribution in [0.4, 0.5) is 5.82 Å². The zero-order valence-corrected chi connectivity index (χ0v) is 10.1. The van der Waals surface area contributed by atoms with Crippen molar-refractivity contribution >= 4 is 11.7 Å². The lowest BCUT2D eigenvalue weighted by Crippen LogP contribution is -2.41. The van der Waals surface area contributed by atoms with Gasteiger partial charge in [0.1, 0.15) is 6.04 Å². The number of hydrogen-bond acceptors (Lipinski definition) is 6. The second-order valence-electron chi connectivity index (χ2n) is 3.51. The maximum Gasteiger partial charge on any atom is 0.342 e. The third kappa shape index (κ3) is 4.01. The van der Waals surface area contributed by atoms with Gasteiger partial charge in [0.15, 0.2) is 0 Å². The molecule has 18 heavy (non-hydrogen) atoms. The van der Waals surface area contributed by atoms with Crippen LogP contribution in [0.2, 0.25) is 0 Å². The highest BCUT2D eigenvalue weighted by atomic mass is 16.5. The first-order valence-corrected chi connectivity index (χ1v) is 5.26. The van der Waals surface area contributed by atoms with Crippen molar-refractivity contribution in [1.29, 1.82) is 0 Å². The molecule has 1 aromatic heterocycles. The van der Waals surface area contributed by atoms with Crippen LogP contribution in [0, 0.1) is 0 Å². The molecule has 9 heteroatoms. The average molecular weight is 257 g/mol. The van der Waals surface area contributed by atoms with Crippen LogP contribution in [-0.4, -0.2) is 47.4 Å². The second kappa shape index (κ2) is 6.55. The number of aromatic nitrogens is 3. The van der Waals surface area contributed by atoms with E-state index in [1.165, 1.54) is 7.11 Å². The van der Waals surface area contributed by atoms with E-state index in [0.717, 1.165) is 0 Å². The van der Waals surface area contributed by atoms with E-state index >= 15 is 0 Å². The fourth-order valence-electron chi connectivity index (χ4n) is 1.15. The molecule has 0 saturated heterocycles. The molecule has 0 fully saturated rings. The normalized spacial score (nSPS) is 11.9. The van der Waals surface area contributed by atoms with Gasteiger partial charge in [-0.2, -0.15) is 0 Å². The Kier molecular flexibility index (Phi) is 5.06. The third-order valence-electron chi connectivity index (χ3n) is 2.06. The summed E-state index contributed by atoms with van der Waals surface area (Å²) in [5, 5.41) is 10.7. The Morgan fingerprint density at radius 2 is 2.22 bits per heavy atom. The van der Waals surface area contributed by atoms with E-state index in [4.69, 9.17) is 4.74 Å². The van der Waals surface area contributed by atoms with Gasteiger partial charge in [-0.1, -0.05) is 0 Å². The van der Waals surface area contributed by atoms with Gasteiger partial charge in [0.25, 0.3) is 5.56 Å². The highest BCUT2D eigenvalue weighted by Crippen LogP contribution is 1.93. The van der Waals surface area contributed by atoms with Crippen LogP contribution in [-0.2, 0) is 9.53 Å². The van der Waals surface area contributed by atoms with E-state index < -0.39 is 17.3 Å². The van der Waals surface area contributed by atoms with Crippen molar-refractivity contribution in [3.05, 3.63) is 20.8 Å². The van der Waals surface area contributed by atoms with Crippen LogP contribution in [0.5, 0.6) is 0 Å². The highest BCUT2D eigenvalue weighted by Gasteiger charge is 2.14. The number of carbonyl (C=O) groups excluding carboxylic acids is 1. The van der Waals surface area contributed by atoms with Gasteiger partial charge in [-0.25, -0.2) is 9.89 Å². The number of anilines is 1. The SMILES string of the molecule is COCCNC(=O)C(C)Nc1n[nH]c(=O)[nH]c1=O. The van der Waals surface area contributed by atoms with E-state index in [2.05, 4.69) is 20.8 Å². The van der Waals surface area contributed by atoms with Crippen LogP contribution in [0.15, 0.2) is 9.59 Å². The molecule has 0 saturated carbocycles. The third-order valence-corrected chi connectivity index (χ3v) is 2.06. The molecule has 0 bridgehead atoms. The molecule has 0 radical (unpaired) electrons. The molecule has 4 N–H and O–H groups in total. The van der Waals surface area contributed by atoms with Gasteiger partial charge in [0, 0.05) is 13.7 Å². The molecule has 100 valence electrons. The lowest BCUT2D eigenvalue weighted by Gasteiger charge is -2.13. The topological polar surface area (TPSA) is 129 Å². The Bertz CT molecular complexity index is 508. The zero-order valence-electron chi connectivity index (χ0n) is 10.1. The number of amides is 1. The van der Waals surface area contributed by atoms with Crippen molar-refractivity contribution in [1.82, 2.24) is 20.5 Å². The second-order valence-corrected chi connectivity index (χ2v) is 3.51. The van der Waals surface area contributed by atoms with E-state index in [1.54, 1.807) is 6.92 Å². The molecule has 9 nitrogen and oxygen atoms in total. The number of nitrogens with one attached hydrogen (secondary N) is 4. The van der Waals surface area contributed by atoms with E-state index in [9.17, 15) is 14.4 Å². The summed E-state index contributed by atoms with van der Waals surface area (Å²) >= 11 is 0. The first kappa shape index (κ1) is 13.9. The van der Waals surface area contributed by atoms with Crippen molar-refractivity contribution in [2.24, 2.45) is 0 Å². The average Bonchev–Trinajstić information content (AvgIpc) is 2.32. The first-order chi connectivity index (χ1) is 8.54. The lowest BCUT2D eigenvalue weighted by molar-refractivity contribution is -0.121. The largest absolute Gasteiger partial charge is 0.383 e. The number of rotatable bonds is 6. The lowest BCUT2D eigenvalue weighted by atomic mass is 10.3. The fourth-order valence-corrected chi connectivity index (χ4v) is 1.15. The molecule has 0 aromatic carbocycles. The van der Waals surface area contributed by atoms with Gasteiger partial charge in [-0.05, 0) is 6.92 Å². The summed E-state index contributed by atoms with van der Waals surface area (Å²) in [6, 6.07) is -0.665. The molecule has 1 rings (SSSR count). The van der Waals surface area contributed by atoms with E-state index in [0.29, 0.717) is 13.2 Å². The molecule has 1 atom stereocenters. The Balaban J connectivity index is 2.58. The molecule has 1 unspecified atom stereocenters. The molecule has 0 aliphatic carbocycles. The Morgan fingerprint density at radius 3 is 2.83 bits per heavy atom. The number of methoxy groups -OCH3 is 1. The van der Waals surface area contributed by atoms with Gasteiger partial charge in [0.05, 0.1) is 6.61 Å². The predicted octanol–water partition coefficient (Wildman–Crippen LogP) is -1.98. The van der Waals surface area contributed by atoms with E-state index in [-0.39, 0.29) is 11.7 Å². The fraction of sp³-hybridized carbons (Fsp3) is 0.556. The predicted molar refractivity (Wildman–Crippen MR) is 63.4 cm³/mol. The number of nitrogens with zero attached hydrogens (tertiary/aromatic N) is 1. The maximum absolute atomic E-state index is 11.6. The number of H-pyrrole nitrogens is 2. The van der Waals surface area contributed by atoms with Gasteiger partial charge < -0.3 is 15.4 Å². The molecule has 0 spiro atoms. The Hall–Kier alpha value is -2.16. The van der Waals surface area contributed by atoms with Crippen molar-refractivity contribution in [2.45, 2.75) is 13.0 Å². The summed E-state index contributed by atoms with van der Waals surface area (Å²) in [5.41, 5.74) is -1.39. The summed E-state index contributed by atoms with van der Waals surface area (Å²) in [6.45, 7) is 2.33. The standard InChI is InChI=1S/C9H15N5O4/c1-5(7(15)10-3-4-18-2)11-6-8(16)12-9(17)14-13-6/h5H,3-4H2,1-2H3,(H,10,15)(H,11,13)(H2,12,14,16,17). The Labute approximate surface area is 102 Å². The van der Waals surface area contributed by atoms with Gasteiger partial charge in [-0.15, -0.1) is 5.10 Å². The van der Waals surface area contributed by atoms with Crippen molar-refractivity contribution in [2.75, 3.05) is 25.6 Å². The van der Waals surface area contributed by atoms with Crippen molar-refractivity contribution < 1.29 is 9.53 Å². The molecule has 1 heterocycles. The first-order valence-electron chi connectivity index (χ1n) is 5.26. The zero-order chi connectivity index (χ0) is 13.5. The van der Waals surface area contributed by atoms with Crippen LogP contribution in [0.3, 0.4) is 0 Å². The number of ether oxygens (including phenoxy) is 1. The van der Waals surface area contributed by atoms with E-state index in [1.807, 2.05) is 4.98 Å². The van der Waals surface area contributed by atoms with Gasteiger partial charge in [-0.3, -0.25) is 14.6 Å². The van der Waals surface area contributed by atoms with Gasteiger partial charge in [0.2, 0.25) is 11.7 Å². The number of hydrogen-bond donors (Lipinski definition) is 4.